The fourth-order valence-electron chi connectivity index (χ4n) is 3.45. The number of para-hydroxylation sites is 1. The van der Waals surface area contributed by atoms with Crippen molar-refractivity contribution in [3.8, 4) is 5.75 Å². The van der Waals surface area contributed by atoms with Crippen molar-refractivity contribution in [3.63, 3.8) is 0 Å². The number of benzene rings is 2. The molecule has 0 N–H and O–H groups in total. The van der Waals surface area contributed by atoms with Crippen LogP contribution in [0.25, 0.3) is 0 Å². The number of carbonyl (C=O) groups is 3. The van der Waals surface area contributed by atoms with Crippen LogP contribution in [0, 0.1) is 0 Å². The van der Waals surface area contributed by atoms with Crippen LogP contribution in [0.5, 0.6) is 5.75 Å². The minimum absolute atomic E-state index is 0.00659. The number of ether oxygens (including phenoxy) is 1. The van der Waals surface area contributed by atoms with Crippen LogP contribution < -0.4 is 14.5 Å². The van der Waals surface area contributed by atoms with Gasteiger partial charge in [0.15, 0.2) is 11.9 Å². The Bertz CT molecular complexity index is 910. The topological polar surface area (TPSA) is 66.9 Å². The van der Waals surface area contributed by atoms with E-state index in [4.69, 9.17) is 4.74 Å². The third kappa shape index (κ3) is 4.31. The summed E-state index contributed by atoms with van der Waals surface area (Å²) >= 11 is 0. The van der Waals surface area contributed by atoms with Crippen LogP contribution in [0.2, 0.25) is 0 Å². The molecule has 2 aromatic carbocycles. The van der Waals surface area contributed by atoms with Crippen molar-refractivity contribution >= 4 is 29.0 Å². The molecule has 6 nitrogen and oxygen atoms in total. The van der Waals surface area contributed by atoms with E-state index in [0.717, 1.165) is 12.1 Å². The summed E-state index contributed by atoms with van der Waals surface area (Å²) in [5.41, 5.74) is 1.76. The highest BCUT2D eigenvalue weighted by molar-refractivity contribution is 6.08. The van der Waals surface area contributed by atoms with E-state index in [1.807, 2.05) is 44.2 Å². The van der Waals surface area contributed by atoms with Gasteiger partial charge in [-0.2, -0.15) is 0 Å². The normalized spacial score (nSPS) is 15.5. The van der Waals surface area contributed by atoms with Crippen molar-refractivity contribution in [2.75, 3.05) is 22.9 Å². The molecule has 0 saturated heterocycles. The number of fused-ring (bicyclic) bond motifs is 1. The van der Waals surface area contributed by atoms with Crippen molar-refractivity contribution in [2.45, 2.75) is 39.7 Å². The number of amides is 2. The molecule has 3 rings (SSSR count). The average Bonchev–Trinajstić information content (AvgIpc) is 2.72. The maximum absolute atomic E-state index is 13.1. The smallest absolute Gasteiger partial charge is 0.268 e. The third-order valence-electron chi connectivity index (χ3n) is 4.94. The Labute approximate surface area is 171 Å². The van der Waals surface area contributed by atoms with E-state index < -0.39 is 6.10 Å². The minimum Gasteiger partial charge on any atom is -0.479 e. The number of anilines is 2. The van der Waals surface area contributed by atoms with E-state index in [2.05, 4.69) is 0 Å². The van der Waals surface area contributed by atoms with E-state index in [-0.39, 0.29) is 24.1 Å². The SMILES string of the molecule is CCCC(=O)c1ccc2c(c1)N(CC(=O)N(CC)c1ccccc1)C(=O)C(C)O2. The molecular formula is C23H26N2O4. The van der Waals surface area contributed by atoms with Crippen LogP contribution in [0.3, 0.4) is 0 Å². The Kier molecular flexibility index (Phi) is 6.32. The van der Waals surface area contributed by atoms with Gasteiger partial charge in [0.1, 0.15) is 12.3 Å². The predicted molar refractivity (Wildman–Crippen MR) is 113 cm³/mol. The first-order chi connectivity index (χ1) is 14.0. The maximum Gasteiger partial charge on any atom is 0.268 e. The van der Waals surface area contributed by atoms with Gasteiger partial charge in [-0.3, -0.25) is 19.3 Å². The molecule has 1 aliphatic heterocycles. The number of ketones is 1. The Morgan fingerprint density at radius 2 is 1.83 bits per heavy atom. The summed E-state index contributed by atoms with van der Waals surface area (Å²) in [4.78, 5) is 41.3. The summed E-state index contributed by atoms with van der Waals surface area (Å²) in [5.74, 6) is 0.0141. The Hall–Kier alpha value is -3.15. The molecule has 1 aliphatic rings. The molecule has 2 amide bonds. The highest BCUT2D eigenvalue weighted by atomic mass is 16.5. The summed E-state index contributed by atoms with van der Waals surface area (Å²) in [7, 11) is 0. The molecule has 6 heteroatoms. The van der Waals surface area contributed by atoms with Crippen molar-refractivity contribution in [2.24, 2.45) is 0 Å². The number of carbonyl (C=O) groups excluding carboxylic acids is 3. The van der Waals surface area contributed by atoms with Crippen molar-refractivity contribution in [3.05, 3.63) is 54.1 Å². The maximum atomic E-state index is 13.1. The number of rotatable bonds is 7. The van der Waals surface area contributed by atoms with Crippen molar-refractivity contribution < 1.29 is 19.1 Å². The minimum atomic E-state index is -0.695. The van der Waals surface area contributed by atoms with Crippen molar-refractivity contribution in [1.29, 1.82) is 0 Å². The second kappa shape index (κ2) is 8.90. The molecule has 152 valence electrons. The fourth-order valence-corrected chi connectivity index (χ4v) is 3.45. The number of likely N-dealkylation sites (N-methyl/N-ethyl adjacent to an activating group) is 1. The molecule has 0 fully saturated rings. The summed E-state index contributed by atoms with van der Waals surface area (Å²) in [6, 6.07) is 14.4. The summed E-state index contributed by atoms with van der Waals surface area (Å²) in [6.07, 6.45) is 0.479. The average molecular weight is 394 g/mol. The quantitative estimate of drug-likeness (QED) is 0.669. The molecule has 1 unspecified atom stereocenters. The van der Waals surface area contributed by atoms with Crippen LogP contribution in [0.15, 0.2) is 48.5 Å². The molecule has 0 radical (unpaired) electrons. The van der Waals surface area contributed by atoms with E-state index in [0.29, 0.717) is 30.0 Å². The number of hydrogen-bond acceptors (Lipinski definition) is 4. The van der Waals surface area contributed by atoms with Crippen LogP contribution in [0.1, 0.15) is 44.0 Å². The van der Waals surface area contributed by atoms with Gasteiger partial charge < -0.3 is 9.64 Å². The van der Waals surface area contributed by atoms with Crippen LogP contribution in [-0.4, -0.2) is 36.8 Å². The van der Waals surface area contributed by atoms with E-state index in [1.54, 1.807) is 30.0 Å². The molecule has 0 aromatic heterocycles. The Morgan fingerprint density at radius 1 is 1.10 bits per heavy atom. The zero-order valence-electron chi connectivity index (χ0n) is 17.1. The Balaban J connectivity index is 1.92. The first kappa shape index (κ1) is 20.6. The van der Waals surface area contributed by atoms with E-state index in [1.165, 1.54) is 4.90 Å². The zero-order chi connectivity index (χ0) is 21.0. The molecule has 0 aliphatic carbocycles. The molecule has 1 heterocycles. The lowest BCUT2D eigenvalue weighted by Crippen LogP contribution is -2.49. The first-order valence-corrected chi connectivity index (χ1v) is 9.97. The van der Waals surface area contributed by atoms with Gasteiger partial charge in [-0.15, -0.1) is 0 Å². The third-order valence-corrected chi connectivity index (χ3v) is 4.94. The van der Waals surface area contributed by atoms with Gasteiger partial charge in [0.05, 0.1) is 5.69 Å². The standard InChI is InChI=1S/C23H26N2O4/c1-4-9-20(26)17-12-13-21-19(14-17)25(23(28)16(3)29-21)15-22(27)24(5-2)18-10-7-6-8-11-18/h6-8,10-14,16H,4-5,9,15H2,1-3H3. The Morgan fingerprint density at radius 3 is 2.48 bits per heavy atom. The number of Topliss-reactive ketones (excluding diaryl/α,β-unsaturated/α-hetero) is 1. The van der Waals surface area contributed by atoms with Gasteiger partial charge in [0.25, 0.3) is 5.91 Å². The molecule has 0 spiro atoms. The molecule has 0 bridgehead atoms. The fraction of sp³-hybridized carbons (Fsp3) is 0.348. The summed E-state index contributed by atoms with van der Waals surface area (Å²) in [6.45, 7) is 5.86. The molecule has 29 heavy (non-hydrogen) atoms. The monoisotopic (exact) mass is 394 g/mol. The van der Waals surface area contributed by atoms with Gasteiger partial charge in [-0.1, -0.05) is 25.1 Å². The summed E-state index contributed by atoms with van der Waals surface area (Å²) < 4.78 is 5.69. The van der Waals surface area contributed by atoms with E-state index >= 15 is 0 Å². The molecular weight excluding hydrogens is 368 g/mol. The zero-order valence-corrected chi connectivity index (χ0v) is 17.1. The van der Waals surface area contributed by atoms with Crippen LogP contribution >= 0.6 is 0 Å². The number of hydrogen-bond donors (Lipinski definition) is 0. The van der Waals surface area contributed by atoms with Gasteiger partial charge in [-0.25, -0.2) is 0 Å². The molecule has 2 aromatic rings. The van der Waals surface area contributed by atoms with Gasteiger partial charge in [0.2, 0.25) is 5.91 Å². The van der Waals surface area contributed by atoms with Crippen LogP contribution in [-0.2, 0) is 9.59 Å². The second-order valence-electron chi connectivity index (χ2n) is 7.01. The van der Waals surface area contributed by atoms with E-state index in [9.17, 15) is 14.4 Å². The highest BCUT2D eigenvalue weighted by Gasteiger charge is 2.34. The first-order valence-electron chi connectivity index (χ1n) is 9.97. The van der Waals surface area contributed by atoms with Gasteiger partial charge in [-0.05, 0) is 50.6 Å². The second-order valence-corrected chi connectivity index (χ2v) is 7.01. The largest absolute Gasteiger partial charge is 0.479 e. The lowest BCUT2D eigenvalue weighted by Gasteiger charge is -2.34. The van der Waals surface area contributed by atoms with Gasteiger partial charge in [0, 0.05) is 24.2 Å². The van der Waals surface area contributed by atoms with Crippen molar-refractivity contribution in [1.82, 2.24) is 0 Å². The predicted octanol–water partition coefficient (Wildman–Crippen LogP) is 3.84. The summed E-state index contributed by atoms with van der Waals surface area (Å²) in [5, 5.41) is 0. The van der Waals surface area contributed by atoms with Crippen LogP contribution in [0.4, 0.5) is 11.4 Å². The lowest BCUT2D eigenvalue weighted by atomic mass is 10.0. The highest BCUT2D eigenvalue weighted by Crippen LogP contribution is 2.35. The lowest BCUT2D eigenvalue weighted by molar-refractivity contribution is -0.127. The molecule has 0 saturated carbocycles. The number of nitrogens with zero attached hydrogens (tertiary/aromatic N) is 2. The van der Waals surface area contributed by atoms with Gasteiger partial charge >= 0.3 is 0 Å². The molecule has 1 atom stereocenters.